The minimum Gasteiger partial charge on any atom is -0.328 e. The fourth-order valence-electron chi connectivity index (χ4n) is 2.52. The topological polar surface area (TPSA) is 84.4 Å². The molecule has 0 spiro atoms. The highest BCUT2D eigenvalue weighted by atomic mass is 16.2. The van der Waals surface area contributed by atoms with Crippen molar-refractivity contribution in [2.45, 2.75) is 24.8 Å². The molecule has 1 heterocycles. The fraction of sp³-hybridized carbons (Fsp3) is 0.500. The summed E-state index contributed by atoms with van der Waals surface area (Å²) < 4.78 is 0. The minimum absolute atomic E-state index is 0.138. The molecule has 0 saturated carbocycles. The van der Waals surface area contributed by atoms with Gasteiger partial charge in [0.15, 0.2) is 0 Å². The van der Waals surface area contributed by atoms with Crippen LogP contribution in [0, 0.1) is 0 Å². The Kier molecular flexibility index (Phi) is 4.90. The molecule has 104 valence electrons. The molecule has 0 aliphatic carbocycles. The van der Waals surface area contributed by atoms with Crippen LogP contribution < -0.4 is 17.0 Å². The predicted molar refractivity (Wildman–Crippen MR) is 75.2 cm³/mol. The zero-order chi connectivity index (χ0) is 13.7. The number of hydrogen-bond acceptors (Lipinski definition) is 4. The van der Waals surface area contributed by atoms with E-state index < -0.39 is 0 Å². The Hall–Kier alpha value is -1.43. The summed E-state index contributed by atoms with van der Waals surface area (Å²) in [6.45, 7) is 2.59. The van der Waals surface area contributed by atoms with E-state index in [9.17, 15) is 4.79 Å². The molecule has 5 heteroatoms. The molecule has 1 saturated heterocycles. The van der Waals surface area contributed by atoms with E-state index >= 15 is 0 Å². The molecule has 0 bridgehead atoms. The van der Waals surface area contributed by atoms with Gasteiger partial charge in [-0.3, -0.25) is 10.2 Å². The Morgan fingerprint density at radius 3 is 2.53 bits per heavy atom. The Bertz CT molecular complexity index is 401. The highest BCUT2D eigenvalue weighted by Crippen LogP contribution is 2.19. The molecule has 19 heavy (non-hydrogen) atoms. The number of nitrogens with zero attached hydrogens (tertiary/aromatic N) is 1. The van der Waals surface area contributed by atoms with Gasteiger partial charge in [0, 0.05) is 12.6 Å². The van der Waals surface area contributed by atoms with Crippen molar-refractivity contribution in [3.05, 3.63) is 35.9 Å². The van der Waals surface area contributed by atoms with Crippen molar-refractivity contribution < 1.29 is 4.79 Å². The number of rotatable bonds is 4. The van der Waals surface area contributed by atoms with Crippen LogP contribution in [0.3, 0.4) is 0 Å². The van der Waals surface area contributed by atoms with Gasteiger partial charge in [-0.25, -0.2) is 5.84 Å². The maximum atomic E-state index is 12.0. The molecule has 5 N–H and O–H groups in total. The van der Waals surface area contributed by atoms with Gasteiger partial charge >= 0.3 is 0 Å². The predicted octanol–water partition coefficient (Wildman–Crippen LogP) is 0.183. The molecule has 1 atom stereocenters. The van der Waals surface area contributed by atoms with E-state index in [4.69, 9.17) is 11.6 Å². The number of likely N-dealkylation sites (tertiary alicyclic amines) is 1. The van der Waals surface area contributed by atoms with Crippen molar-refractivity contribution in [2.75, 3.05) is 19.6 Å². The molecule has 1 unspecified atom stereocenters. The number of nitrogens with two attached hydrogens (primary N) is 2. The normalized spacial score (nSPS) is 19.1. The second-order valence-electron chi connectivity index (χ2n) is 5.11. The monoisotopic (exact) mass is 262 g/mol. The number of carbonyl (C=O) groups excluding carboxylic acids is 1. The maximum Gasteiger partial charge on any atom is 0.242 e. The lowest BCUT2D eigenvalue weighted by atomic mass is 9.96. The van der Waals surface area contributed by atoms with Gasteiger partial charge < -0.3 is 10.6 Å². The number of hydrogen-bond donors (Lipinski definition) is 3. The number of amides is 1. The molecule has 0 aromatic heterocycles. The van der Waals surface area contributed by atoms with Crippen LogP contribution in [0.4, 0.5) is 0 Å². The second-order valence-corrected chi connectivity index (χ2v) is 5.11. The molecule has 2 rings (SSSR count). The highest BCUT2D eigenvalue weighted by Gasteiger charge is 2.25. The number of nitrogens with one attached hydrogen (secondary N) is 1. The summed E-state index contributed by atoms with van der Waals surface area (Å²) in [5.74, 6) is 4.94. The van der Waals surface area contributed by atoms with Crippen LogP contribution in [0.1, 0.15) is 24.3 Å². The van der Waals surface area contributed by atoms with Gasteiger partial charge in [-0.05, 0) is 31.5 Å². The first kappa shape index (κ1) is 14.0. The number of hydrazine groups is 1. The van der Waals surface area contributed by atoms with Crippen LogP contribution in [0.5, 0.6) is 0 Å². The average Bonchev–Trinajstić information content (AvgIpc) is 2.47. The average molecular weight is 262 g/mol. The van der Waals surface area contributed by atoms with Crippen LogP contribution in [0.15, 0.2) is 30.3 Å². The Labute approximate surface area is 113 Å². The van der Waals surface area contributed by atoms with Crippen LogP contribution >= 0.6 is 0 Å². The van der Waals surface area contributed by atoms with E-state index in [-0.39, 0.29) is 11.8 Å². The molecule has 1 fully saturated rings. The number of carbonyl (C=O) groups is 1. The lowest BCUT2D eigenvalue weighted by molar-refractivity contribution is -0.123. The number of piperidine rings is 1. The smallest absolute Gasteiger partial charge is 0.242 e. The lowest BCUT2D eigenvalue weighted by Gasteiger charge is -2.32. The van der Waals surface area contributed by atoms with Crippen LogP contribution in [-0.4, -0.2) is 36.5 Å². The van der Waals surface area contributed by atoms with Gasteiger partial charge in [0.25, 0.3) is 0 Å². The van der Waals surface area contributed by atoms with Gasteiger partial charge in [-0.15, -0.1) is 0 Å². The fourth-order valence-corrected chi connectivity index (χ4v) is 2.52. The van der Waals surface area contributed by atoms with E-state index in [0.29, 0.717) is 12.6 Å². The van der Waals surface area contributed by atoms with E-state index in [1.807, 2.05) is 30.3 Å². The zero-order valence-electron chi connectivity index (χ0n) is 11.1. The summed E-state index contributed by atoms with van der Waals surface area (Å²) in [6, 6.07) is 10.1. The van der Waals surface area contributed by atoms with Gasteiger partial charge in [0.2, 0.25) is 5.91 Å². The van der Waals surface area contributed by atoms with Crippen molar-refractivity contribution >= 4 is 5.91 Å². The Morgan fingerprint density at radius 1 is 1.32 bits per heavy atom. The second kappa shape index (κ2) is 6.65. The first-order chi connectivity index (χ1) is 9.20. The first-order valence-electron chi connectivity index (χ1n) is 6.74. The maximum absolute atomic E-state index is 12.0. The summed E-state index contributed by atoms with van der Waals surface area (Å²) in [5, 5.41) is 0. The summed E-state index contributed by atoms with van der Waals surface area (Å²) >= 11 is 0. The molecular formula is C14H22N4O. The SMILES string of the molecule is NNC(=O)C(CN1CCC(N)CC1)c1ccccc1. The first-order valence-corrected chi connectivity index (χ1v) is 6.74. The Balaban J connectivity index is 2.05. The molecule has 1 amide bonds. The lowest BCUT2D eigenvalue weighted by Crippen LogP contribution is -2.45. The van der Waals surface area contributed by atoms with Crippen molar-refractivity contribution in [2.24, 2.45) is 11.6 Å². The van der Waals surface area contributed by atoms with E-state index in [1.54, 1.807) is 0 Å². The molecule has 5 nitrogen and oxygen atoms in total. The standard InChI is InChI=1S/C14H22N4O/c15-12-6-8-18(9-7-12)10-13(14(19)17-16)11-4-2-1-3-5-11/h1-5,12-13H,6-10,15-16H2,(H,17,19). The third-order valence-electron chi connectivity index (χ3n) is 3.73. The van der Waals surface area contributed by atoms with Crippen LogP contribution in [0.2, 0.25) is 0 Å². The van der Waals surface area contributed by atoms with Crippen molar-refractivity contribution in [3.8, 4) is 0 Å². The summed E-state index contributed by atoms with van der Waals surface area (Å²) in [4.78, 5) is 14.3. The van der Waals surface area contributed by atoms with Crippen molar-refractivity contribution in [3.63, 3.8) is 0 Å². The summed E-state index contributed by atoms with van der Waals surface area (Å²) in [6.07, 6.45) is 1.98. The molecule has 1 aromatic rings. The van der Waals surface area contributed by atoms with Crippen molar-refractivity contribution in [1.29, 1.82) is 0 Å². The molecule has 0 radical (unpaired) electrons. The summed E-state index contributed by atoms with van der Waals surface area (Å²) in [7, 11) is 0. The quantitative estimate of drug-likeness (QED) is 0.411. The van der Waals surface area contributed by atoms with E-state index in [2.05, 4.69) is 10.3 Å². The third kappa shape index (κ3) is 3.76. The molecule has 1 aliphatic rings. The van der Waals surface area contributed by atoms with Gasteiger partial charge in [-0.1, -0.05) is 30.3 Å². The van der Waals surface area contributed by atoms with Crippen LogP contribution in [-0.2, 0) is 4.79 Å². The molecule has 1 aliphatic heterocycles. The molecular weight excluding hydrogens is 240 g/mol. The van der Waals surface area contributed by atoms with Crippen LogP contribution in [0.25, 0.3) is 0 Å². The largest absolute Gasteiger partial charge is 0.328 e. The third-order valence-corrected chi connectivity index (χ3v) is 3.73. The van der Waals surface area contributed by atoms with Gasteiger partial charge in [0.1, 0.15) is 0 Å². The molecule has 1 aromatic carbocycles. The highest BCUT2D eigenvalue weighted by molar-refractivity contribution is 5.83. The summed E-state index contributed by atoms with van der Waals surface area (Å²) in [5.41, 5.74) is 9.17. The zero-order valence-corrected chi connectivity index (χ0v) is 11.1. The van der Waals surface area contributed by atoms with E-state index in [0.717, 1.165) is 31.5 Å². The Morgan fingerprint density at radius 2 is 1.95 bits per heavy atom. The minimum atomic E-state index is -0.222. The van der Waals surface area contributed by atoms with Crippen molar-refractivity contribution in [1.82, 2.24) is 10.3 Å². The van der Waals surface area contributed by atoms with Gasteiger partial charge in [0.05, 0.1) is 5.92 Å². The number of benzene rings is 1. The van der Waals surface area contributed by atoms with Gasteiger partial charge in [-0.2, -0.15) is 0 Å². The van der Waals surface area contributed by atoms with E-state index in [1.165, 1.54) is 0 Å².